The summed E-state index contributed by atoms with van der Waals surface area (Å²) >= 11 is 0. The lowest BCUT2D eigenvalue weighted by Crippen LogP contribution is -2.31. The predicted octanol–water partition coefficient (Wildman–Crippen LogP) is 1.84. The van der Waals surface area contributed by atoms with Crippen LogP contribution >= 0.6 is 0 Å². The van der Waals surface area contributed by atoms with Gasteiger partial charge in [0, 0.05) is 25.3 Å². The minimum absolute atomic E-state index is 0.0459. The minimum atomic E-state index is -0.208. The number of nitrogen functional groups attached to an aromatic ring is 1. The molecule has 2 aliphatic carbocycles. The number of hydrogen-bond donors (Lipinski definition) is 1. The molecule has 2 N–H and O–H groups in total. The summed E-state index contributed by atoms with van der Waals surface area (Å²) in [5.41, 5.74) is 8.55. The highest BCUT2D eigenvalue weighted by molar-refractivity contribution is 6.21. The first-order valence-corrected chi connectivity index (χ1v) is 6.38. The minimum Gasteiger partial charge on any atom is -0.381 e. The van der Waals surface area contributed by atoms with Crippen molar-refractivity contribution in [2.24, 2.45) is 5.41 Å². The van der Waals surface area contributed by atoms with Crippen molar-refractivity contribution in [1.29, 1.82) is 0 Å². The number of nitrogens with zero attached hydrogens (tertiary/aromatic N) is 2. The van der Waals surface area contributed by atoms with Crippen LogP contribution < -0.4 is 5.73 Å². The Labute approximate surface area is 111 Å². The van der Waals surface area contributed by atoms with Crippen molar-refractivity contribution < 1.29 is 9.53 Å². The third-order valence-electron chi connectivity index (χ3n) is 4.05. The van der Waals surface area contributed by atoms with E-state index in [1.807, 2.05) is 0 Å². The predicted molar refractivity (Wildman–Crippen MR) is 71.5 cm³/mol. The highest BCUT2D eigenvalue weighted by Gasteiger charge is 2.44. The molecular formula is C14H17N3O2. The molecule has 5 nitrogen and oxygen atoms in total. The molecule has 0 amide bonds. The quantitative estimate of drug-likeness (QED) is 0.832. The molecule has 0 saturated heterocycles. The normalized spacial score (nSPS) is 24.4. The zero-order valence-corrected chi connectivity index (χ0v) is 11.4. The average Bonchev–Trinajstić information content (AvgIpc) is 2.62. The van der Waals surface area contributed by atoms with Crippen LogP contribution in [0.5, 0.6) is 0 Å². The molecule has 1 aromatic heterocycles. The van der Waals surface area contributed by atoms with E-state index in [4.69, 9.17) is 10.5 Å². The largest absolute Gasteiger partial charge is 0.381 e. The van der Waals surface area contributed by atoms with Crippen LogP contribution in [0.25, 0.3) is 5.57 Å². The Morgan fingerprint density at radius 1 is 1.47 bits per heavy atom. The summed E-state index contributed by atoms with van der Waals surface area (Å²) in [6, 6.07) is 0. The van der Waals surface area contributed by atoms with E-state index in [2.05, 4.69) is 23.8 Å². The maximum Gasteiger partial charge on any atom is 0.220 e. The van der Waals surface area contributed by atoms with E-state index >= 15 is 0 Å². The summed E-state index contributed by atoms with van der Waals surface area (Å²) in [6.07, 6.45) is 3.20. The molecule has 1 heterocycles. The molecule has 2 aliphatic rings. The summed E-state index contributed by atoms with van der Waals surface area (Å²) in [5, 5.41) is 0. The number of carbonyl (C=O) groups excluding carboxylic acids is 1. The number of carbonyl (C=O) groups is 1. The van der Waals surface area contributed by atoms with Crippen LogP contribution in [-0.2, 0) is 4.74 Å². The fourth-order valence-corrected chi connectivity index (χ4v) is 3.23. The van der Waals surface area contributed by atoms with Gasteiger partial charge in [-0.05, 0) is 17.4 Å². The molecule has 0 aliphatic heterocycles. The molecule has 1 atom stereocenters. The smallest absolute Gasteiger partial charge is 0.220 e. The second-order valence-corrected chi connectivity index (χ2v) is 5.82. The Hall–Kier alpha value is -1.75. The summed E-state index contributed by atoms with van der Waals surface area (Å²) in [4.78, 5) is 20.7. The zero-order chi connectivity index (χ0) is 13.8. The molecule has 0 unspecified atom stereocenters. The van der Waals surface area contributed by atoms with Gasteiger partial charge in [-0.15, -0.1) is 0 Å². The fourth-order valence-electron chi connectivity index (χ4n) is 3.23. The van der Waals surface area contributed by atoms with Crippen LogP contribution in [0.2, 0.25) is 0 Å². The number of ether oxygens (including phenoxy) is 1. The van der Waals surface area contributed by atoms with Gasteiger partial charge in [-0.1, -0.05) is 13.8 Å². The Morgan fingerprint density at radius 2 is 2.21 bits per heavy atom. The van der Waals surface area contributed by atoms with E-state index in [0.29, 0.717) is 17.7 Å². The van der Waals surface area contributed by atoms with Crippen LogP contribution in [0.4, 0.5) is 5.95 Å². The Kier molecular flexibility index (Phi) is 2.50. The van der Waals surface area contributed by atoms with Crippen molar-refractivity contribution in [3.8, 4) is 0 Å². The first-order valence-electron chi connectivity index (χ1n) is 6.38. The summed E-state index contributed by atoms with van der Waals surface area (Å²) in [6.45, 7) is 4.15. The first-order chi connectivity index (χ1) is 8.94. The lowest BCUT2D eigenvalue weighted by atomic mass is 9.71. The topological polar surface area (TPSA) is 78.1 Å². The molecule has 5 heteroatoms. The lowest BCUT2D eigenvalue weighted by Gasteiger charge is -2.35. The number of methoxy groups -OCH3 is 1. The van der Waals surface area contributed by atoms with Gasteiger partial charge in [-0.25, -0.2) is 9.97 Å². The molecule has 100 valence electrons. The Bertz CT molecular complexity index is 605. The number of allylic oxidation sites excluding steroid dienone is 1. The van der Waals surface area contributed by atoms with Crippen molar-refractivity contribution in [2.45, 2.75) is 32.8 Å². The Balaban J connectivity index is 2.19. The first kappa shape index (κ1) is 12.3. The molecule has 1 aromatic rings. The van der Waals surface area contributed by atoms with E-state index in [9.17, 15) is 4.79 Å². The number of anilines is 1. The van der Waals surface area contributed by atoms with Gasteiger partial charge in [0.25, 0.3) is 0 Å². The maximum atomic E-state index is 12.5. The fraction of sp³-hybridized carbons (Fsp3) is 0.500. The van der Waals surface area contributed by atoms with Crippen LogP contribution in [0.3, 0.4) is 0 Å². The average molecular weight is 259 g/mol. The van der Waals surface area contributed by atoms with Crippen molar-refractivity contribution in [1.82, 2.24) is 9.97 Å². The van der Waals surface area contributed by atoms with Gasteiger partial charge in [0.05, 0.1) is 17.4 Å². The lowest BCUT2D eigenvalue weighted by molar-refractivity contribution is 0.0656. The maximum absolute atomic E-state index is 12.5. The van der Waals surface area contributed by atoms with Crippen molar-refractivity contribution >= 4 is 17.3 Å². The SMILES string of the molecule is CO[C@H]1CC2=C(C(=O)c3cnc(N)nc32)C(C)(C)C1. The standard InChI is InChI=1S/C14H17N3O2/c1-14(2)5-7(19-3)4-8-10(14)12(18)9-6-16-13(15)17-11(8)9/h6-7H,4-5H2,1-3H3,(H2,15,16,17)/t7-/m0/s1. The van der Waals surface area contributed by atoms with Crippen LogP contribution in [0.15, 0.2) is 11.8 Å². The van der Waals surface area contributed by atoms with E-state index < -0.39 is 0 Å². The molecule has 0 saturated carbocycles. The van der Waals surface area contributed by atoms with Crippen molar-refractivity contribution in [3.63, 3.8) is 0 Å². The second-order valence-electron chi connectivity index (χ2n) is 5.82. The van der Waals surface area contributed by atoms with Gasteiger partial charge in [-0.2, -0.15) is 0 Å². The molecule has 19 heavy (non-hydrogen) atoms. The van der Waals surface area contributed by atoms with Gasteiger partial charge in [0.2, 0.25) is 5.95 Å². The van der Waals surface area contributed by atoms with Crippen LogP contribution in [0.1, 0.15) is 42.7 Å². The number of rotatable bonds is 1. The molecular weight excluding hydrogens is 242 g/mol. The summed E-state index contributed by atoms with van der Waals surface area (Å²) in [7, 11) is 1.71. The van der Waals surface area contributed by atoms with Crippen molar-refractivity contribution in [2.75, 3.05) is 12.8 Å². The molecule has 0 aromatic carbocycles. The Morgan fingerprint density at radius 3 is 2.89 bits per heavy atom. The van der Waals surface area contributed by atoms with E-state index in [1.54, 1.807) is 7.11 Å². The zero-order valence-electron chi connectivity index (χ0n) is 11.4. The van der Waals surface area contributed by atoms with Gasteiger partial charge < -0.3 is 10.5 Å². The molecule has 0 fully saturated rings. The van der Waals surface area contributed by atoms with Crippen molar-refractivity contribution in [3.05, 3.63) is 23.0 Å². The van der Waals surface area contributed by atoms with Gasteiger partial charge >= 0.3 is 0 Å². The third kappa shape index (κ3) is 1.69. The molecule has 0 bridgehead atoms. The number of aromatic nitrogens is 2. The van der Waals surface area contributed by atoms with E-state index in [-0.39, 0.29) is 23.3 Å². The number of Topliss-reactive ketones (excluding diaryl/α,β-unsaturated/α-hetero) is 1. The van der Waals surface area contributed by atoms with Crippen LogP contribution in [0, 0.1) is 5.41 Å². The monoisotopic (exact) mass is 259 g/mol. The third-order valence-corrected chi connectivity index (χ3v) is 4.05. The van der Waals surface area contributed by atoms with Crippen LogP contribution in [-0.4, -0.2) is 29.0 Å². The number of ketones is 1. The van der Waals surface area contributed by atoms with Gasteiger partial charge in [0.15, 0.2) is 5.78 Å². The van der Waals surface area contributed by atoms with E-state index in [0.717, 1.165) is 17.6 Å². The highest BCUT2D eigenvalue weighted by atomic mass is 16.5. The van der Waals surface area contributed by atoms with E-state index in [1.165, 1.54) is 6.20 Å². The molecule has 0 spiro atoms. The van der Waals surface area contributed by atoms with Gasteiger partial charge in [0.1, 0.15) is 0 Å². The number of nitrogens with two attached hydrogens (primary N) is 1. The number of hydrogen-bond acceptors (Lipinski definition) is 5. The molecule has 0 radical (unpaired) electrons. The second kappa shape index (κ2) is 3.87. The molecule has 3 rings (SSSR count). The number of fused-ring (bicyclic) bond motifs is 2. The summed E-state index contributed by atoms with van der Waals surface area (Å²) < 4.78 is 5.50. The highest BCUT2D eigenvalue weighted by Crippen LogP contribution is 2.49. The van der Waals surface area contributed by atoms with Gasteiger partial charge in [-0.3, -0.25) is 4.79 Å². The summed E-state index contributed by atoms with van der Waals surface area (Å²) in [5.74, 6) is 0.252.